The van der Waals surface area contributed by atoms with Crippen molar-refractivity contribution in [2.24, 2.45) is 18.0 Å². The normalized spacial score (nSPS) is 16.1. The van der Waals surface area contributed by atoms with E-state index in [0.29, 0.717) is 22.6 Å². The zero-order chi connectivity index (χ0) is 26.2. The van der Waals surface area contributed by atoms with Crippen LogP contribution in [-0.4, -0.2) is 49.4 Å². The number of amides is 2. The molecule has 192 valence electrons. The lowest BCUT2D eigenvalue weighted by molar-refractivity contribution is -0.115. The molecule has 0 fully saturated rings. The predicted octanol–water partition coefficient (Wildman–Crippen LogP) is 2.83. The van der Waals surface area contributed by atoms with Gasteiger partial charge >= 0.3 is 5.97 Å². The van der Waals surface area contributed by atoms with Crippen LogP contribution in [0.25, 0.3) is 10.2 Å². The molecule has 1 atom stereocenters. The minimum Gasteiger partial charge on any atom is -0.465 e. The van der Waals surface area contributed by atoms with Crippen LogP contribution in [0.1, 0.15) is 34.1 Å². The second kappa shape index (κ2) is 10.2. The van der Waals surface area contributed by atoms with E-state index in [0.717, 1.165) is 34.6 Å². The maximum atomic E-state index is 13.5. The fraction of sp³-hybridized carbons (Fsp3) is 0.391. The summed E-state index contributed by atoms with van der Waals surface area (Å²) in [5.41, 5.74) is 1.73. The Kier molecular flexibility index (Phi) is 7.43. The highest BCUT2D eigenvalue weighted by Crippen LogP contribution is 2.40. The van der Waals surface area contributed by atoms with Crippen molar-refractivity contribution in [1.29, 1.82) is 0 Å². The second-order valence-electron chi connectivity index (χ2n) is 8.69. The molecule has 2 aromatic heterocycles. The van der Waals surface area contributed by atoms with E-state index in [-0.39, 0.29) is 15.4 Å². The number of anilines is 1. The Morgan fingerprint density at radius 2 is 2.00 bits per heavy atom. The van der Waals surface area contributed by atoms with E-state index in [9.17, 15) is 27.2 Å². The molecule has 0 spiro atoms. The minimum atomic E-state index is -4.15. The molecule has 1 aliphatic carbocycles. The van der Waals surface area contributed by atoms with E-state index in [4.69, 9.17) is 4.74 Å². The van der Waals surface area contributed by atoms with Gasteiger partial charge in [0.1, 0.15) is 22.3 Å². The third kappa shape index (κ3) is 5.57. The molecule has 1 aromatic carbocycles. The number of nitrogens with one attached hydrogen (secondary N) is 1. The van der Waals surface area contributed by atoms with Gasteiger partial charge in [-0.2, -0.15) is 4.99 Å². The van der Waals surface area contributed by atoms with Crippen LogP contribution < -0.4 is 10.1 Å². The molecule has 0 aliphatic heterocycles. The maximum absolute atomic E-state index is 13.5. The van der Waals surface area contributed by atoms with E-state index < -0.39 is 44.9 Å². The Morgan fingerprint density at radius 3 is 2.72 bits per heavy atom. The molecule has 0 saturated carbocycles. The average Bonchev–Trinajstić information content (AvgIpc) is 3.27. The van der Waals surface area contributed by atoms with Crippen LogP contribution in [0, 0.1) is 11.7 Å². The Balaban J connectivity index is 1.49. The third-order valence-electron chi connectivity index (χ3n) is 5.84. The summed E-state index contributed by atoms with van der Waals surface area (Å²) in [4.78, 5) is 42.4. The maximum Gasteiger partial charge on any atom is 0.341 e. The van der Waals surface area contributed by atoms with Crippen molar-refractivity contribution >= 4 is 65.5 Å². The zero-order valence-electron chi connectivity index (χ0n) is 19.8. The molecular formula is C23H24FN3O6S3. The highest BCUT2D eigenvalue weighted by Gasteiger charge is 2.30. The summed E-state index contributed by atoms with van der Waals surface area (Å²) in [5.74, 6) is -4.31. The summed E-state index contributed by atoms with van der Waals surface area (Å²) in [5, 5.41) is 2.78. The fourth-order valence-electron chi connectivity index (χ4n) is 4.11. The molecule has 9 nitrogen and oxygen atoms in total. The number of fused-ring (bicyclic) bond motifs is 2. The molecule has 1 unspecified atom stereocenters. The number of carbonyl (C=O) groups excluding carboxylic acids is 3. The summed E-state index contributed by atoms with van der Waals surface area (Å²) >= 11 is 2.29. The Hall–Kier alpha value is -2.90. The van der Waals surface area contributed by atoms with Crippen LogP contribution in [0.15, 0.2) is 23.2 Å². The standard InChI is InChI=1S/C23H24FN3O6S3/c1-12-4-6-14-16(8-12)34-21(20(14)22(30)33-3)25-18(28)10-36(31,32)11-19(29)26-23-27(2)15-7-5-13(24)9-17(15)35-23/h5,7,9,12H,4,6,8,10-11H2,1-3H3,(H,25,28). The molecule has 2 amide bonds. The Labute approximate surface area is 214 Å². The lowest BCUT2D eigenvalue weighted by Crippen LogP contribution is -2.28. The lowest BCUT2D eigenvalue weighted by atomic mass is 9.88. The first-order valence-electron chi connectivity index (χ1n) is 11.0. The number of esters is 1. The van der Waals surface area contributed by atoms with Crippen molar-refractivity contribution in [2.45, 2.75) is 26.2 Å². The Bertz CT molecular complexity index is 1550. The first-order valence-corrected chi connectivity index (χ1v) is 14.5. The largest absolute Gasteiger partial charge is 0.465 e. The SMILES string of the molecule is COC(=O)c1c(NC(=O)CS(=O)(=O)CC(=O)N=c2sc3cc(F)ccc3n2C)sc2c1CCC(C)C2. The number of methoxy groups -OCH3 is 1. The third-order valence-corrected chi connectivity index (χ3v) is 9.49. The topological polar surface area (TPSA) is 124 Å². The monoisotopic (exact) mass is 553 g/mol. The van der Waals surface area contributed by atoms with Crippen molar-refractivity contribution in [3.63, 3.8) is 0 Å². The first kappa shape index (κ1) is 26.2. The Morgan fingerprint density at radius 1 is 1.25 bits per heavy atom. The van der Waals surface area contributed by atoms with Gasteiger partial charge in [0.05, 0.1) is 22.9 Å². The number of aryl methyl sites for hydroxylation is 1. The van der Waals surface area contributed by atoms with Gasteiger partial charge in [0.25, 0.3) is 5.91 Å². The number of halogens is 1. The quantitative estimate of drug-likeness (QED) is 0.468. The number of rotatable bonds is 6. The van der Waals surface area contributed by atoms with Crippen LogP contribution in [0.5, 0.6) is 0 Å². The van der Waals surface area contributed by atoms with Crippen molar-refractivity contribution in [3.05, 3.63) is 44.8 Å². The van der Waals surface area contributed by atoms with Crippen molar-refractivity contribution in [2.75, 3.05) is 23.9 Å². The average molecular weight is 554 g/mol. The van der Waals surface area contributed by atoms with E-state index in [1.54, 1.807) is 11.6 Å². The van der Waals surface area contributed by atoms with E-state index >= 15 is 0 Å². The van der Waals surface area contributed by atoms with Crippen LogP contribution in [-0.2, 0) is 44.1 Å². The molecule has 4 rings (SSSR count). The van der Waals surface area contributed by atoms with E-state index in [2.05, 4.69) is 17.2 Å². The summed E-state index contributed by atoms with van der Waals surface area (Å²) in [6.07, 6.45) is 2.33. The highest BCUT2D eigenvalue weighted by molar-refractivity contribution is 7.92. The number of hydrogen-bond acceptors (Lipinski definition) is 8. The smallest absolute Gasteiger partial charge is 0.341 e. The number of thiophene rings is 1. The summed E-state index contributed by atoms with van der Waals surface area (Å²) < 4.78 is 45.6. The molecule has 0 bridgehead atoms. The van der Waals surface area contributed by atoms with Crippen molar-refractivity contribution < 1.29 is 31.9 Å². The van der Waals surface area contributed by atoms with Crippen molar-refractivity contribution in [1.82, 2.24) is 4.57 Å². The fourth-order valence-corrected chi connectivity index (χ4v) is 7.60. The van der Waals surface area contributed by atoms with Crippen LogP contribution >= 0.6 is 22.7 Å². The summed E-state index contributed by atoms with van der Waals surface area (Å²) in [7, 11) is -1.27. The van der Waals surface area contributed by atoms with Crippen molar-refractivity contribution in [3.8, 4) is 0 Å². The molecule has 13 heteroatoms. The van der Waals surface area contributed by atoms with Crippen LogP contribution in [0.4, 0.5) is 9.39 Å². The molecule has 2 heterocycles. The number of nitrogens with zero attached hydrogens (tertiary/aromatic N) is 2. The number of hydrogen-bond donors (Lipinski definition) is 1. The first-order chi connectivity index (χ1) is 17.0. The number of carbonyl (C=O) groups is 3. The molecule has 0 saturated heterocycles. The lowest BCUT2D eigenvalue weighted by Gasteiger charge is -2.18. The molecule has 36 heavy (non-hydrogen) atoms. The van der Waals surface area contributed by atoms with Gasteiger partial charge in [-0.15, -0.1) is 11.3 Å². The summed E-state index contributed by atoms with van der Waals surface area (Å²) in [6, 6.07) is 4.12. The van der Waals surface area contributed by atoms with Gasteiger partial charge in [-0.1, -0.05) is 18.3 Å². The highest BCUT2D eigenvalue weighted by atomic mass is 32.2. The van der Waals surface area contributed by atoms with Gasteiger partial charge in [-0.05, 0) is 48.9 Å². The number of aromatic nitrogens is 1. The van der Waals surface area contributed by atoms with Crippen LogP contribution in [0.2, 0.25) is 0 Å². The van der Waals surface area contributed by atoms with E-state index in [1.165, 1.54) is 36.6 Å². The molecule has 3 aromatic rings. The molecule has 0 radical (unpaired) electrons. The molecule has 1 aliphatic rings. The van der Waals surface area contributed by atoms with Gasteiger partial charge in [0.15, 0.2) is 14.6 Å². The predicted molar refractivity (Wildman–Crippen MR) is 135 cm³/mol. The number of sulfone groups is 1. The summed E-state index contributed by atoms with van der Waals surface area (Å²) in [6.45, 7) is 2.10. The second-order valence-corrected chi connectivity index (χ2v) is 12.9. The van der Waals surface area contributed by atoms with Gasteiger partial charge in [-0.3, -0.25) is 9.59 Å². The molecular weight excluding hydrogens is 529 g/mol. The van der Waals surface area contributed by atoms with Crippen LogP contribution in [0.3, 0.4) is 0 Å². The molecule has 1 N–H and O–H groups in total. The number of ether oxygens (including phenoxy) is 1. The van der Waals surface area contributed by atoms with E-state index in [1.807, 2.05) is 0 Å². The number of benzene rings is 1. The van der Waals surface area contributed by atoms with Gasteiger partial charge in [0.2, 0.25) is 5.91 Å². The van der Waals surface area contributed by atoms with Gasteiger partial charge < -0.3 is 14.6 Å². The minimum absolute atomic E-state index is 0.210. The van der Waals surface area contributed by atoms with Gasteiger partial charge in [0, 0.05) is 11.9 Å². The van der Waals surface area contributed by atoms with Gasteiger partial charge in [-0.25, -0.2) is 17.6 Å². The number of thiazole rings is 1. The zero-order valence-corrected chi connectivity index (χ0v) is 22.2.